The molecule has 0 unspecified atom stereocenters. The molecule has 0 spiro atoms. The standard InChI is InChI=1S/C20H19N3O3S/c21-19(25)15-4-3-14-2-1-13(9-16(14)11-15)10-17-18(12-24)27-20(22-17)23-5-7-26-8-6-23/h1-4,9,11-12H,5-8,10H2,(H2,21,25). The van der Waals surface area contributed by atoms with E-state index in [0.717, 1.165) is 46.5 Å². The molecule has 7 heteroatoms. The van der Waals surface area contributed by atoms with E-state index >= 15 is 0 Å². The molecule has 1 aliphatic rings. The van der Waals surface area contributed by atoms with Crippen LogP contribution in [0.3, 0.4) is 0 Å². The Balaban J connectivity index is 1.63. The monoisotopic (exact) mass is 381 g/mol. The number of thiazole rings is 1. The lowest BCUT2D eigenvalue weighted by molar-refractivity contribution is 0.1000. The van der Waals surface area contributed by atoms with Crippen molar-refractivity contribution in [1.82, 2.24) is 4.98 Å². The van der Waals surface area contributed by atoms with E-state index in [9.17, 15) is 9.59 Å². The van der Waals surface area contributed by atoms with Crippen LogP contribution in [0.25, 0.3) is 10.8 Å². The Hall–Kier alpha value is -2.77. The Morgan fingerprint density at radius 3 is 2.70 bits per heavy atom. The van der Waals surface area contributed by atoms with Crippen molar-refractivity contribution >= 4 is 39.4 Å². The molecule has 0 aliphatic carbocycles. The zero-order valence-electron chi connectivity index (χ0n) is 14.7. The third-order valence-corrected chi connectivity index (χ3v) is 5.75. The van der Waals surface area contributed by atoms with E-state index in [2.05, 4.69) is 4.90 Å². The number of carbonyl (C=O) groups excluding carboxylic acids is 2. The van der Waals surface area contributed by atoms with Crippen molar-refractivity contribution in [2.75, 3.05) is 31.2 Å². The molecule has 1 saturated heterocycles. The predicted molar refractivity (Wildman–Crippen MR) is 106 cm³/mol. The molecule has 0 atom stereocenters. The molecule has 27 heavy (non-hydrogen) atoms. The quantitative estimate of drug-likeness (QED) is 0.687. The highest BCUT2D eigenvalue weighted by Gasteiger charge is 2.18. The number of hydrogen-bond donors (Lipinski definition) is 1. The third kappa shape index (κ3) is 3.70. The topological polar surface area (TPSA) is 85.5 Å². The molecular weight excluding hydrogens is 362 g/mol. The molecule has 2 N–H and O–H groups in total. The number of primary amides is 1. The number of fused-ring (bicyclic) bond motifs is 1. The van der Waals surface area contributed by atoms with Crippen LogP contribution >= 0.6 is 11.3 Å². The number of nitrogens with zero attached hydrogens (tertiary/aromatic N) is 2. The average molecular weight is 381 g/mol. The summed E-state index contributed by atoms with van der Waals surface area (Å²) in [6.45, 7) is 2.94. The molecule has 2 aromatic carbocycles. The normalized spacial score (nSPS) is 14.4. The second-order valence-corrected chi connectivity index (χ2v) is 7.47. The number of carbonyl (C=O) groups is 2. The van der Waals surface area contributed by atoms with Gasteiger partial charge in [0.05, 0.1) is 23.8 Å². The first-order valence-electron chi connectivity index (χ1n) is 8.74. The van der Waals surface area contributed by atoms with E-state index in [1.807, 2.05) is 24.3 Å². The minimum absolute atomic E-state index is 0.444. The highest BCUT2D eigenvalue weighted by Crippen LogP contribution is 2.28. The number of rotatable bonds is 5. The first-order chi connectivity index (χ1) is 13.1. The Bertz CT molecular complexity index is 1010. The molecule has 1 fully saturated rings. The Morgan fingerprint density at radius 1 is 1.19 bits per heavy atom. The lowest BCUT2D eigenvalue weighted by Gasteiger charge is -2.26. The number of aldehydes is 1. The fourth-order valence-corrected chi connectivity index (χ4v) is 4.16. The highest BCUT2D eigenvalue weighted by molar-refractivity contribution is 7.17. The van der Waals surface area contributed by atoms with Gasteiger partial charge < -0.3 is 15.4 Å². The fourth-order valence-electron chi connectivity index (χ4n) is 3.21. The number of aromatic nitrogens is 1. The highest BCUT2D eigenvalue weighted by atomic mass is 32.1. The van der Waals surface area contributed by atoms with Gasteiger partial charge in [-0.2, -0.15) is 0 Å². The summed E-state index contributed by atoms with van der Waals surface area (Å²) in [5.41, 5.74) is 7.67. The maximum Gasteiger partial charge on any atom is 0.248 e. The molecule has 1 amide bonds. The van der Waals surface area contributed by atoms with E-state index in [4.69, 9.17) is 15.5 Å². The summed E-state index contributed by atoms with van der Waals surface area (Å²) >= 11 is 1.43. The summed E-state index contributed by atoms with van der Waals surface area (Å²) in [7, 11) is 0. The molecule has 0 bridgehead atoms. The molecule has 6 nitrogen and oxygen atoms in total. The molecule has 1 aromatic heterocycles. The molecule has 2 heterocycles. The van der Waals surface area contributed by atoms with Crippen LogP contribution in [0.2, 0.25) is 0 Å². The van der Waals surface area contributed by atoms with Gasteiger partial charge in [-0.3, -0.25) is 9.59 Å². The predicted octanol–water partition coefficient (Wildman–Crippen LogP) is 2.64. The maximum absolute atomic E-state index is 11.5. The molecule has 138 valence electrons. The molecule has 1 aliphatic heterocycles. The van der Waals surface area contributed by atoms with Gasteiger partial charge in [-0.25, -0.2) is 4.98 Å². The number of benzene rings is 2. The van der Waals surface area contributed by atoms with E-state index in [1.165, 1.54) is 11.3 Å². The zero-order chi connectivity index (χ0) is 18.8. The van der Waals surface area contributed by atoms with Gasteiger partial charge in [-0.05, 0) is 28.5 Å². The van der Waals surface area contributed by atoms with Gasteiger partial charge >= 0.3 is 0 Å². The Kier molecular flexibility index (Phi) is 4.87. The number of morpholine rings is 1. The largest absolute Gasteiger partial charge is 0.378 e. The van der Waals surface area contributed by atoms with Crippen LogP contribution in [0.1, 0.15) is 31.3 Å². The first-order valence-corrected chi connectivity index (χ1v) is 9.56. The Morgan fingerprint density at radius 2 is 1.96 bits per heavy atom. The summed E-state index contributed by atoms with van der Waals surface area (Å²) < 4.78 is 5.38. The van der Waals surface area contributed by atoms with Gasteiger partial charge in [0.25, 0.3) is 0 Å². The fraction of sp³-hybridized carbons (Fsp3) is 0.250. The van der Waals surface area contributed by atoms with Crippen LogP contribution < -0.4 is 10.6 Å². The number of hydrogen-bond acceptors (Lipinski definition) is 6. The summed E-state index contributed by atoms with van der Waals surface area (Å²) in [5, 5.41) is 2.85. The van der Waals surface area contributed by atoms with Crippen LogP contribution in [0.4, 0.5) is 5.13 Å². The second-order valence-electron chi connectivity index (χ2n) is 6.46. The number of amides is 1. The second kappa shape index (κ2) is 7.46. The number of nitrogens with two attached hydrogens (primary N) is 1. The van der Waals surface area contributed by atoms with Crippen molar-refractivity contribution in [3.05, 3.63) is 58.1 Å². The van der Waals surface area contributed by atoms with Gasteiger partial charge in [0.2, 0.25) is 5.91 Å². The minimum Gasteiger partial charge on any atom is -0.378 e. The third-order valence-electron chi connectivity index (χ3n) is 4.67. The van der Waals surface area contributed by atoms with Crippen molar-refractivity contribution in [3.8, 4) is 0 Å². The molecule has 0 saturated carbocycles. The van der Waals surface area contributed by atoms with E-state index < -0.39 is 5.91 Å². The van der Waals surface area contributed by atoms with Gasteiger partial charge in [0, 0.05) is 25.1 Å². The first kappa shape index (κ1) is 17.6. The maximum atomic E-state index is 11.5. The summed E-state index contributed by atoms with van der Waals surface area (Å²) in [4.78, 5) is 30.5. The van der Waals surface area contributed by atoms with Gasteiger partial charge in [0.15, 0.2) is 11.4 Å². The smallest absolute Gasteiger partial charge is 0.248 e. The molecule has 0 radical (unpaired) electrons. The van der Waals surface area contributed by atoms with Crippen molar-refractivity contribution < 1.29 is 14.3 Å². The van der Waals surface area contributed by atoms with Crippen LogP contribution in [0.5, 0.6) is 0 Å². The van der Waals surface area contributed by atoms with Crippen molar-refractivity contribution in [3.63, 3.8) is 0 Å². The van der Waals surface area contributed by atoms with E-state index in [-0.39, 0.29) is 0 Å². The van der Waals surface area contributed by atoms with Crippen LogP contribution in [0.15, 0.2) is 36.4 Å². The lowest BCUT2D eigenvalue weighted by atomic mass is 10.0. The van der Waals surface area contributed by atoms with Gasteiger partial charge in [0.1, 0.15) is 0 Å². The average Bonchev–Trinajstić information content (AvgIpc) is 3.11. The molecule has 3 aromatic rings. The molecule has 4 rings (SSSR count). The van der Waals surface area contributed by atoms with Crippen molar-refractivity contribution in [2.24, 2.45) is 5.73 Å². The van der Waals surface area contributed by atoms with Crippen LogP contribution in [-0.4, -0.2) is 43.5 Å². The molecular formula is C20H19N3O3S. The summed E-state index contributed by atoms with van der Waals surface area (Å²) in [5.74, 6) is -0.444. The minimum atomic E-state index is -0.444. The van der Waals surface area contributed by atoms with E-state index in [0.29, 0.717) is 30.1 Å². The Labute approximate surface area is 160 Å². The SMILES string of the molecule is NC(=O)c1ccc2ccc(Cc3nc(N4CCOCC4)sc3C=O)cc2c1. The van der Waals surface area contributed by atoms with Crippen molar-refractivity contribution in [1.29, 1.82) is 0 Å². The van der Waals surface area contributed by atoms with Crippen molar-refractivity contribution in [2.45, 2.75) is 6.42 Å². The zero-order valence-corrected chi connectivity index (χ0v) is 15.5. The van der Waals surface area contributed by atoms with Crippen LogP contribution in [0, 0.1) is 0 Å². The summed E-state index contributed by atoms with van der Waals surface area (Å²) in [6.07, 6.45) is 1.44. The van der Waals surface area contributed by atoms with Crippen LogP contribution in [-0.2, 0) is 11.2 Å². The number of ether oxygens (including phenoxy) is 1. The number of anilines is 1. The summed E-state index contributed by atoms with van der Waals surface area (Å²) in [6, 6.07) is 11.4. The van der Waals surface area contributed by atoms with Gasteiger partial charge in [-0.1, -0.05) is 35.6 Å². The lowest BCUT2D eigenvalue weighted by Crippen LogP contribution is -2.36. The van der Waals surface area contributed by atoms with E-state index in [1.54, 1.807) is 12.1 Å². The van der Waals surface area contributed by atoms with Gasteiger partial charge in [-0.15, -0.1) is 0 Å².